The van der Waals surface area contributed by atoms with Gasteiger partial charge in [-0.05, 0) is 55.8 Å². The van der Waals surface area contributed by atoms with Crippen molar-refractivity contribution in [3.05, 3.63) is 34.1 Å². The quantitative estimate of drug-likeness (QED) is 0.855. The van der Waals surface area contributed by atoms with Crippen LogP contribution in [0.2, 0.25) is 0 Å². The Balaban J connectivity index is 2.02. The van der Waals surface area contributed by atoms with Crippen LogP contribution in [0, 0.1) is 17.7 Å². The molecule has 0 radical (unpaired) electrons. The molecule has 1 aromatic carbocycles. The molecular formula is C16H23BrFN. The molecule has 1 saturated carbocycles. The van der Waals surface area contributed by atoms with Crippen molar-refractivity contribution in [2.45, 2.75) is 45.1 Å². The van der Waals surface area contributed by atoms with Crippen LogP contribution in [0.3, 0.4) is 0 Å². The lowest BCUT2D eigenvalue weighted by Crippen LogP contribution is -2.37. The number of rotatable bonds is 4. The molecule has 1 aliphatic rings. The average molecular weight is 328 g/mol. The van der Waals surface area contributed by atoms with Crippen molar-refractivity contribution in [3.8, 4) is 0 Å². The summed E-state index contributed by atoms with van der Waals surface area (Å²) < 4.78 is 14.0. The Bertz CT molecular complexity index is 413. The van der Waals surface area contributed by atoms with Crippen LogP contribution in [0.4, 0.5) is 4.39 Å². The van der Waals surface area contributed by atoms with Gasteiger partial charge in [0.05, 0.1) is 0 Å². The van der Waals surface area contributed by atoms with Crippen LogP contribution in [0.25, 0.3) is 0 Å². The second-order valence-electron chi connectivity index (χ2n) is 5.85. The fourth-order valence-corrected chi connectivity index (χ4v) is 3.63. The third kappa shape index (κ3) is 4.03. The second kappa shape index (κ2) is 6.85. The molecule has 0 aliphatic heterocycles. The maximum atomic E-state index is 13.1. The molecule has 0 bridgehead atoms. The van der Waals surface area contributed by atoms with E-state index in [4.69, 9.17) is 0 Å². The minimum Gasteiger partial charge on any atom is -0.316 e. The number of benzene rings is 1. The Kier molecular flexibility index (Phi) is 5.40. The SMILES string of the molecule is CNC(Cc1ccc(F)cc1Br)C1CCC(C)CC1. The highest BCUT2D eigenvalue weighted by Crippen LogP contribution is 2.32. The highest BCUT2D eigenvalue weighted by Gasteiger charge is 2.25. The van der Waals surface area contributed by atoms with Crippen LogP contribution in [0.15, 0.2) is 22.7 Å². The van der Waals surface area contributed by atoms with E-state index in [1.54, 1.807) is 12.1 Å². The van der Waals surface area contributed by atoms with Gasteiger partial charge in [-0.3, -0.25) is 0 Å². The molecule has 106 valence electrons. The second-order valence-corrected chi connectivity index (χ2v) is 6.71. The number of hydrogen-bond donors (Lipinski definition) is 1. The lowest BCUT2D eigenvalue weighted by molar-refractivity contribution is 0.235. The molecule has 19 heavy (non-hydrogen) atoms. The third-order valence-corrected chi connectivity index (χ3v) is 5.19. The molecule has 2 rings (SSSR count). The van der Waals surface area contributed by atoms with E-state index in [1.807, 2.05) is 13.1 Å². The van der Waals surface area contributed by atoms with Crippen molar-refractivity contribution in [3.63, 3.8) is 0 Å². The molecule has 1 atom stereocenters. The maximum absolute atomic E-state index is 13.1. The minimum absolute atomic E-state index is 0.178. The predicted molar refractivity (Wildman–Crippen MR) is 81.8 cm³/mol. The van der Waals surface area contributed by atoms with Gasteiger partial charge in [-0.25, -0.2) is 4.39 Å². The van der Waals surface area contributed by atoms with Gasteiger partial charge in [0.25, 0.3) is 0 Å². The van der Waals surface area contributed by atoms with Gasteiger partial charge in [-0.2, -0.15) is 0 Å². The monoisotopic (exact) mass is 327 g/mol. The molecule has 0 spiro atoms. The Morgan fingerprint density at radius 2 is 2.00 bits per heavy atom. The van der Waals surface area contributed by atoms with Crippen molar-refractivity contribution in [1.82, 2.24) is 5.32 Å². The molecule has 1 N–H and O–H groups in total. The van der Waals surface area contributed by atoms with Gasteiger partial charge in [-0.15, -0.1) is 0 Å². The summed E-state index contributed by atoms with van der Waals surface area (Å²) in [5, 5.41) is 3.46. The van der Waals surface area contributed by atoms with Gasteiger partial charge in [0, 0.05) is 10.5 Å². The zero-order chi connectivity index (χ0) is 13.8. The number of likely N-dealkylation sites (N-methyl/N-ethyl adjacent to an activating group) is 1. The molecule has 1 aliphatic carbocycles. The Labute approximate surface area is 124 Å². The van der Waals surface area contributed by atoms with E-state index >= 15 is 0 Å². The lowest BCUT2D eigenvalue weighted by atomic mass is 9.78. The summed E-state index contributed by atoms with van der Waals surface area (Å²) in [5.41, 5.74) is 1.19. The van der Waals surface area contributed by atoms with Crippen LogP contribution >= 0.6 is 15.9 Å². The van der Waals surface area contributed by atoms with Crippen molar-refractivity contribution < 1.29 is 4.39 Å². The van der Waals surface area contributed by atoms with Crippen LogP contribution < -0.4 is 5.32 Å². The highest BCUT2D eigenvalue weighted by molar-refractivity contribution is 9.10. The number of halogens is 2. The zero-order valence-corrected chi connectivity index (χ0v) is 13.3. The molecule has 1 fully saturated rings. The first-order chi connectivity index (χ1) is 9.10. The molecule has 0 heterocycles. The molecule has 1 unspecified atom stereocenters. The summed E-state index contributed by atoms with van der Waals surface area (Å²) in [5.74, 6) is 1.45. The molecular weight excluding hydrogens is 305 g/mol. The van der Waals surface area contributed by atoms with Crippen LogP contribution in [0.1, 0.15) is 38.2 Å². The predicted octanol–water partition coefficient (Wildman–Crippen LogP) is 4.55. The van der Waals surface area contributed by atoms with Gasteiger partial charge < -0.3 is 5.32 Å². The first-order valence-corrected chi connectivity index (χ1v) is 8.00. The molecule has 0 saturated heterocycles. The molecule has 0 aromatic heterocycles. The van der Waals surface area contributed by atoms with E-state index < -0.39 is 0 Å². The van der Waals surface area contributed by atoms with Gasteiger partial charge in [0.2, 0.25) is 0 Å². The Morgan fingerprint density at radius 3 is 2.58 bits per heavy atom. The van der Waals surface area contributed by atoms with Gasteiger partial charge >= 0.3 is 0 Å². The van der Waals surface area contributed by atoms with E-state index in [-0.39, 0.29) is 5.82 Å². The summed E-state index contributed by atoms with van der Waals surface area (Å²) in [6, 6.07) is 5.50. The highest BCUT2D eigenvalue weighted by atomic mass is 79.9. The van der Waals surface area contributed by atoms with Crippen molar-refractivity contribution in [1.29, 1.82) is 0 Å². The molecule has 1 aromatic rings. The lowest BCUT2D eigenvalue weighted by Gasteiger charge is -2.33. The fraction of sp³-hybridized carbons (Fsp3) is 0.625. The first kappa shape index (κ1) is 15.0. The summed E-state index contributed by atoms with van der Waals surface area (Å²) in [6.07, 6.45) is 6.27. The summed E-state index contributed by atoms with van der Waals surface area (Å²) in [7, 11) is 2.04. The average Bonchev–Trinajstić information content (AvgIpc) is 2.39. The van der Waals surface area contributed by atoms with Crippen molar-refractivity contribution in [2.24, 2.45) is 11.8 Å². The van der Waals surface area contributed by atoms with E-state index in [9.17, 15) is 4.39 Å². The van der Waals surface area contributed by atoms with Crippen LogP contribution in [-0.4, -0.2) is 13.1 Å². The zero-order valence-electron chi connectivity index (χ0n) is 11.8. The third-order valence-electron chi connectivity index (χ3n) is 4.46. The summed E-state index contributed by atoms with van der Waals surface area (Å²) in [4.78, 5) is 0. The fourth-order valence-electron chi connectivity index (χ4n) is 3.12. The van der Waals surface area contributed by atoms with E-state index in [2.05, 4.69) is 28.2 Å². The minimum atomic E-state index is -0.178. The van der Waals surface area contributed by atoms with Crippen molar-refractivity contribution >= 4 is 15.9 Å². The number of nitrogens with one attached hydrogen (secondary N) is 1. The maximum Gasteiger partial charge on any atom is 0.124 e. The normalized spacial score (nSPS) is 25.3. The van der Waals surface area contributed by atoms with E-state index in [1.165, 1.54) is 31.2 Å². The Morgan fingerprint density at radius 1 is 1.32 bits per heavy atom. The molecule has 1 nitrogen and oxygen atoms in total. The topological polar surface area (TPSA) is 12.0 Å². The number of hydrogen-bond acceptors (Lipinski definition) is 1. The Hall–Kier alpha value is -0.410. The van der Waals surface area contributed by atoms with Gasteiger partial charge in [-0.1, -0.05) is 41.8 Å². The first-order valence-electron chi connectivity index (χ1n) is 7.21. The molecule has 0 amide bonds. The van der Waals surface area contributed by atoms with E-state index in [0.29, 0.717) is 6.04 Å². The van der Waals surface area contributed by atoms with E-state index in [0.717, 1.165) is 22.7 Å². The molecule has 3 heteroatoms. The van der Waals surface area contributed by atoms with Crippen LogP contribution in [0.5, 0.6) is 0 Å². The van der Waals surface area contributed by atoms with Crippen LogP contribution in [-0.2, 0) is 6.42 Å². The van der Waals surface area contributed by atoms with Gasteiger partial charge in [0.1, 0.15) is 5.82 Å². The standard InChI is InChI=1S/C16H23BrFN/c1-11-3-5-12(6-4-11)16(19-2)9-13-7-8-14(18)10-15(13)17/h7-8,10-12,16,19H,3-6,9H2,1-2H3. The smallest absolute Gasteiger partial charge is 0.124 e. The van der Waals surface area contributed by atoms with Gasteiger partial charge in [0.15, 0.2) is 0 Å². The summed E-state index contributed by atoms with van der Waals surface area (Å²) >= 11 is 3.47. The van der Waals surface area contributed by atoms with Crippen molar-refractivity contribution in [2.75, 3.05) is 7.05 Å². The largest absolute Gasteiger partial charge is 0.316 e. The summed E-state index contributed by atoms with van der Waals surface area (Å²) in [6.45, 7) is 2.35.